The minimum absolute atomic E-state index is 0.651. The van der Waals surface area contributed by atoms with Gasteiger partial charge < -0.3 is 19.8 Å². The molecule has 0 saturated carbocycles. The Morgan fingerprint density at radius 2 is 2.00 bits per heavy atom. The van der Waals surface area contributed by atoms with Gasteiger partial charge in [0.1, 0.15) is 11.4 Å². The Balaban J connectivity index is 1.51. The summed E-state index contributed by atoms with van der Waals surface area (Å²) < 4.78 is 7.40. The molecule has 0 saturated heterocycles. The Morgan fingerprint density at radius 1 is 1.16 bits per heavy atom. The van der Waals surface area contributed by atoms with E-state index in [-0.39, 0.29) is 0 Å². The van der Waals surface area contributed by atoms with Crippen LogP contribution in [0, 0.1) is 0 Å². The molecule has 2 N–H and O–H groups in total. The molecule has 0 aliphatic carbocycles. The zero-order chi connectivity index (χ0) is 17.5. The first kappa shape index (κ1) is 16.8. The lowest BCUT2D eigenvalue weighted by atomic mass is 10.2. The number of guanidine groups is 1. The third kappa shape index (κ3) is 4.29. The Hall–Kier alpha value is -3.02. The van der Waals surface area contributed by atoms with Crippen molar-refractivity contribution in [3.05, 3.63) is 66.1 Å². The van der Waals surface area contributed by atoms with E-state index in [0.29, 0.717) is 6.54 Å². The van der Waals surface area contributed by atoms with Gasteiger partial charge in [0.05, 0.1) is 12.8 Å². The van der Waals surface area contributed by atoms with E-state index in [1.54, 1.807) is 14.2 Å². The van der Waals surface area contributed by atoms with Gasteiger partial charge >= 0.3 is 0 Å². The van der Waals surface area contributed by atoms with Gasteiger partial charge in [-0.1, -0.05) is 24.3 Å². The van der Waals surface area contributed by atoms with Gasteiger partial charge in [-0.05, 0) is 18.2 Å². The topological polar surface area (TPSA) is 63.0 Å². The summed E-state index contributed by atoms with van der Waals surface area (Å²) in [5.41, 5.74) is 3.11. The lowest BCUT2D eigenvalue weighted by Gasteiger charge is -2.13. The first-order valence-electron chi connectivity index (χ1n) is 8.29. The molecule has 6 nitrogen and oxygen atoms in total. The first-order chi connectivity index (χ1) is 12.3. The Kier molecular flexibility index (Phi) is 5.51. The number of hydrogen-bond donors (Lipinski definition) is 2. The highest BCUT2D eigenvalue weighted by atomic mass is 16.5. The molecule has 0 bridgehead atoms. The lowest BCUT2D eigenvalue weighted by molar-refractivity contribution is 0.409. The van der Waals surface area contributed by atoms with Gasteiger partial charge in [-0.2, -0.15) is 0 Å². The SMILES string of the molecule is CN=C(NCCc1cn2ccccc2n1)NCc1ccccc1OC. The van der Waals surface area contributed by atoms with E-state index in [2.05, 4.69) is 26.8 Å². The van der Waals surface area contributed by atoms with E-state index in [1.807, 2.05) is 53.1 Å². The number of rotatable bonds is 6. The van der Waals surface area contributed by atoms with Crippen LogP contribution in [0.2, 0.25) is 0 Å². The largest absolute Gasteiger partial charge is 0.496 e. The number of imidazole rings is 1. The number of nitrogens with one attached hydrogen (secondary N) is 2. The van der Waals surface area contributed by atoms with Gasteiger partial charge in [0.25, 0.3) is 0 Å². The summed E-state index contributed by atoms with van der Waals surface area (Å²) in [5.74, 6) is 1.63. The molecule has 0 radical (unpaired) electrons. The number of aromatic nitrogens is 2. The van der Waals surface area contributed by atoms with Crippen molar-refractivity contribution in [3.63, 3.8) is 0 Å². The van der Waals surface area contributed by atoms with Crippen LogP contribution >= 0.6 is 0 Å². The molecule has 0 aliphatic rings. The van der Waals surface area contributed by atoms with Crippen molar-refractivity contribution in [2.24, 2.45) is 4.99 Å². The fourth-order valence-corrected chi connectivity index (χ4v) is 2.67. The van der Waals surface area contributed by atoms with Crippen LogP contribution in [0.4, 0.5) is 0 Å². The number of benzene rings is 1. The summed E-state index contributed by atoms with van der Waals surface area (Å²) in [5, 5.41) is 6.63. The van der Waals surface area contributed by atoms with Crippen molar-refractivity contribution in [2.45, 2.75) is 13.0 Å². The standard InChI is InChI=1S/C19H23N5O/c1-20-19(22-13-15-7-3-4-8-17(15)25-2)21-11-10-16-14-24-12-6-5-9-18(24)23-16/h3-9,12,14H,10-11,13H2,1-2H3,(H2,20,21,22). The molecule has 0 fully saturated rings. The number of aliphatic imine (C=N–C) groups is 1. The van der Waals surface area contributed by atoms with Gasteiger partial charge in [0.15, 0.2) is 5.96 Å². The normalized spacial score (nSPS) is 11.5. The fourth-order valence-electron chi connectivity index (χ4n) is 2.67. The molecule has 2 heterocycles. The molecular formula is C19H23N5O. The number of ether oxygens (including phenoxy) is 1. The molecule has 6 heteroatoms. The Bertz CT molecular complexity index is 823. The van der Waals surface area contributed by atoms with E-state index in [4.69, 9.17) is 4.74 Å². The van der Waals surface area contributed by atoms with Crippen LogP contribution in [-0.2, 0) is 13.0 Å². The fraction of sp³-hybridized carbons (Fsp3) is 0.263. The van der Waals surface area contributed by atoms with Gasteiger partial charge in [0.2, 0.25) is 0 Å². The van der Waals surface area contributed by atoms with Crippen LogP contribution in [0.15, 0.2) is 59.9 Å². The summed E-state index contributed by atoms with van der Waals surface area (Å²) in [6.45, 7) is 1.41. The van der Waals surface area contributed by atoms with Crippen molar-refractivity contribution in [3.8, 4) is 5.75 Å². The molecule has 25 heavy (non-hydrogen) atoms. The second-order valence-electron chi connectivity index (χ2n) is 5.61. The van der Waals surface area contributed by atoms with Crippen molar-refractivity contribution >= 4 is 11.6 Å². The number of pyridine rings is 1. The maximum absolute atomic E-state index is 5.37. The maximum atomic E-state index is 5.37. The van der Waals surface area contributed by atoms with Gasteiger partial charge in [0, 0.05) is 44.5 Å². The number of hydrogen-bond acceptors (Lipinski definition) is 3. The third-order valence-electron chi connectivity index (χ3n) is 3.95. The van der Waals surface area contributed by atoms with Crippen molar-refractivity contribution in [2.75, 3.05) is 20.7 Å². The summed E-state index contributed by atoms with van der Waals surface area (Å²) in [6.07, 6.45) is 4.89. The average molecular weight is 337 g/mol. The summed E-state index contributed by atoms with van der Waals surface area (Å²) in [6, 6.07) is 14.0. The number of methoxy groups -OCH3 is 1. The van der Waals surface area contributed by atoms with Crippen LogP contribution < -0.4 is 15.4 Å². The lowest BCUT2D eigenvalue weighted by Crippen LogP contribution is -2.37. The summed E-state index contributed by atoms with van der Waals surface area (Å²) >= 11 is 0. The highest BCUT2D eigenvalue weighted by Gasteiger charge is 2.04. The van der Waals surface area contributed by atoms with Crippen LogP contribution in [0.3, 0.4) is 0 Å². The second-order valence-corrected chi connectivity index (χ2v) is 5.61. The third-order valence-corrected chi connectivity index (χ3v) is 3.95. The molecule has 2 aromatic heterocycles. The molecule has 3 aromatic rings. The van der Waals surface area contributed by atoms with Crippen LogP contribution in [0.1, 0.15) is 11.3 Å². The zero-order valence-corrected chi connectivity index (χ0v) is 14.6. The van der Waals surface area contributed by atoms with Crippen molar-refractivity contribution in [1.82, 2.24) is 20.0 Å². The molecule has 3 rings (SSSR count). The molecule has 130 valence electrons. The zero-order valence-electron chi connectivity index (χ0n) is 14.6. The number of nitrogens with zero attached hydrogens (tertiary/aromatic N) is 3. The van der Waals surface area contributed by atoms with Crippen LogP contribution in [0.5, 0.6) is 5.75 Å². The summed E-state index contributed by atoms with van der Waals surface area (Å²) in [7, 11) is 3.45. The minimum Gasteiger partial charge on any atom is -0.496 e. The Morgan fingerprint density at radius 3 is 2.80 bits per heavy atom. The molecule has 0 spiro atoms. The predicted molar refractivity (Wildman–Crippen MR) is 100 cm³/mol. The van der Waals surface area contributed by atoms with E-state index >= 15 is 0 Å². The number of fused-ring (bicyclic) bond motifs is 1. The van der Waals surface area contributed by atoms with Crippen molar-refractivity contribution < 1.29 is 4.74 Å². The second kappa shape index (κ2) is 8.19. The van der Waals surface area contributed by atoms with E-state index < -0.39 is 0 Å². The van der Waals surface area contributed by atoms with E-state index in [9.17, 15) is 0 Å². The minimum atomic E-state index is 0.651. The van der Waals surface area contributed by atoms with Gasteiger partial charge in [-0.25, -0.2) is 4.98 Å². The maximum Gasteiger partial charge on any atom is 0.191 e. The highest BCUT2D eigenvalue weighted by molar-refractivity contribution is 5.79. The van der Waals surface area contributed by atoms with E-state index in [0.717, 1.165) is 41.6 Å². The number of para-hydroxylation sites is 1. The van der Waals surface area contributed by atoms with Crippen LogP contribution in [-0.4, -0.2) is 36.0 Å². The van der Waals surface area contributed by atoms with E-state index in [1.165, 1.54) is 0 Å². The molecule has 0 aliphatic heterocycles. The summed E-state index contributed by atoms with van der Waals surface area (Å²) in [4.78, 5) is 8.86. The molecular weight excluding hydrogens is 314 g/mol. The van der Waals surface area contributed by atoms with Crippen molar-refractivity contribution in [1.29, 1.82) is 0 Å². The monoisotopic (exact) mass is 337 g/mol. The van der Waals surface area contributed by atoms with Gasteiger partial charge in [-0.3, -0.25) is 4.99 Å². The Labute approximate surface area is 147 Å². The molecule has 0 amide bonds. The smallest absolute Gasteiger partial charge is 0.191 e. The predicted octanol–water partition coefficient (Wildman–Crippen LogP) is 2.25. The van der Waals surface area contributed by atoms with Crippen LogP contribution in [0.25, 0.3) is 5.65 Å². The highest BCUT2D eigenvalue weighted by Crippen LogP contribution is 2.16. The molecule has 0 atom stereocenters. The van der Waals surface area contributed by atoms with Gasteiger partial charge in [-0.15, -0.1) is 0 Å². The first-order valence-corrected chi connectivity index (χ1v) is 8.29. The molecule has 0 unspecified atom stereocenters. The molecule has 1 aromatic carbocycles. The average Bonchev–Trinajstić information content (AvgIpc) is 3.07. The quantitative estimate of drug-likeness (QED) is 0.535.